The number of carboxylic acid groups (broad SMARTS) is 1. The van der Waals surface area contributed by atoms with Gasteiger partial charge in [0, 0.05) is 42.2 Å². The number of sulfonamides is 1. The fourth-order valence-electron chi connectivity index (χ4n) is 3.95. The normalized spacial score (nSPS) is 13.5. The van der Waals surface area contributed by atoms with E-state index in [9.17, 15) is 27.8 Å². The van der Waals surface area contributed by atoms with E-state index in [0.717, 1.165) is 34.5 Å². The van der Waals surface area contributed by atoms with Gasteiger partial charge in [-0.2, -0.15) is 0 Å². The van der Waals surface area contributed by atoms with Crippen LogP contribution in [0.5, 0.6) is 5.75 Å². The van der Waals surface area contributed by atoms with Crippen molar-refractivity contribution in [2.75, 3.05) is 30.7 Å². The molecule has 1 aromatic heterocycles. The van der Waals surface area contributed by atoms with Crippen LogP contribution < -0.4 is 14.8 Å². The van der Waals surface area contributed by atoms with Gasteiger partial charge >= 0.3 is 5.97 Å². The molecule has 196 valence electrons. The van der Waals surface area contributed by atoms with Gasteiger partial charge in [-0.1, -0.05) is 13.0 Å². The molecule has 9 nitrogen and oxygen atoms in total. The topological polar surface area (TPSA) is 141 Å². The molecule has 0 fully saturated rings. The molecule has 2 aromatic carbocycles. The van der Waals surface area contributed by atoms with Crippen molar-refractivity contribution in [3.8, 4) is 5.75 Å². The summed E-state index contributed by atoms with van der Waals surface area (Å²) in [4.78, 5) is 14.7. The van der Waals surface area contributed by atoms with Crippen LogP contribution in [0.15, 0.2) is 36.4 Å². The zero-order valence-corrected chi connectivity index (χ0v) is 21.3. The summed E-state index contributed by atoms with van der Waals surface area (Å²) in [7, 11) is -3.65. The zero-order valence-electron chi connectivity index (χ0n) is 20.5. The average Bonchev–Trinajstić information content (AvgIpc) is 3.11. The number of H-pyrrole nitrogens is 1. The van der Waals surface area contributed by atoms with E-state index in [4.69, 9.17) is 4.74 Å². The summed E-state index contributed by atoms with van der Waals surface area (Å²) in [5.74, 6) is -1.32. The van der Waals surface area contributed by atoms with Crippen molar-refractivity contribution >= 4 is 32.6 Å². The van der Waals surface area contributed by atoms with Crippen LogP contribution in [-0.4, -0.2) is 55.5 Å². The highest BCUT2D eigenvalue weighted by atomic mass is 32.2. The first-order valence-electron chi connectivity index (χ1n) is 11.6. The number of halogens is 1. The minimum absolute atomic E-state index is 0.160. The van der Waals surface area contributed by atoms with Crippen LogP contribution in [0.25, 0.3) is 10.9 Å². The number of rotatable bonds is 13. The van der Waals surface area contributed by atoms with Gasteiger partial charge in [-0.3, -0.25) is 9.52 Å². The number of aryl methyl sites for hydroxylation is 1. The Bertz CT molecular complexity index is 1320. The molecular formula is C25H32FN3O6S. The molecule has 0 bridgehead atoms. The van der Waals surface area contributed by atoms with Crippen molar-refractivity contribution in [3.05, 3.63) is 59.0 Å². The van der Waals surface area contributed by atoms with Crippen molar-refractivity contribution in [1.82, 2.24) is 10.3 Å². The highest BCUT2D eigenvalue weighted by Crippen LogP contribution is 2.28. The number of aliphatic hydroxyl groups is 1. The standard InChI is InChI=1S/C25H32FN3O6S/c1-4-16(25(31)32)11-21-15(2)19-7-6-18(13-22(19)28-21)35-10-9-27-14-24(30)17-5-8-20(26)23(12-17)29-36(3,33)34/h5-8,12-13,16,24,27-30H,4,9-11,14H2,1-3H3,(H,31,32). The van der Waals surface area contributed by atoms with E-state index in [1.807, 2.05) is 32.0 Å². The fraction of sp³-hybridized carbons (Fsp3) is 0.400. The van der Waals surface area contributed by atoms with Gasteiger partial charge in [0.25, 0.3) is 0 Å². The first-order valence-corrected chi connectivity index (χ1v) is 13.5. The number of carboxylic acids is 1. The summed E-state index contributed by atoms with van der Waals surface area (Å²) in [5.41, 5.74) is 2.96. The predicted octanol–water partition coefficient (Wildman–Crippen LogP) is 3.34. The second kappa shape index (κ2) is 11.7. The van der Waals surface area contributed by atoms with Gasteiger partial charge in [-0.05, 0) is 48.7 Å². The molecule has 3 rings (SSSR count). The fourth-order valence-corrected chi connectivity index (χ4v) is 4.50. The predicted molar refractivity (Wildman–Crippen MR) is 136 cm³/mol. The Hall–Kier alpha value is -3.15. The molecule has 0 aliphatic carbocycles. The summed E-state index contributed by atoms with van der Waals surface area (Å²) >= 11 is 0. The Balaban J connectivity index is 1.52. The first-order chi connectivity index (χ1) is 17.0. The molecule has 36 heavy (non-hydrogen) atoms. The van der Waals surface area contributed by atoms with E-state index in [0.29, 0.717) is 37.3 Å². The van der Waals surface area contributed by atoms with Gasteiger partial charge in [0.2, 0.25) is 10.0 Å². The molecule has 0 aliphatic heterocycles. The van der Waals surface area contributed by atoms with E-state index in [-0.39, 0.29) is 12.2 Å². The lowest BCUT2D eigenvalue weighted by Gasteiger charge is -2.14. The lowest BCUT2D eigenvalue weighted by atomic mass is 9.98. The van der Waals surface area contributed by atoms with Crippen LogP contribution in [0.3, 0.4) is 0 Å². The first kappa shape index (κ1) is 27.4. The number of aliphatic carboxylic acids is 1. The van der Waals surface area contributed by atoms with Gasteiger partial charge in [-0.25, -0.2) is 12.8 Å². The third-order valence-electron chi connectivity index (χ3n) is 5.98. The van der Waals surface area contributed by atoms with E-state index in [1.54, 1.807) is 0 Å². The molecule has 0 saturated carbocycles. The molecule has 2 unspecified atom stereocenters. The van der Waals surface area contributed by atoms with E-state index < -0.39 is 33.8 Å². The Morgan fingerprint density at radius 3 is 2.64 bits per heavy atom. The maximum absolute atomic E-state index is 13.8. The molecule has 0 aliphatic rings. The van der Waals surface area contributed by atoms with Crippen molar-refractivity contribution < 1.29 is 32.6 Å². The third-order valence-corrected chi connectivity index (χ3v) is 6.57. The molecule has 3 aromatic rings. The van der Waals surface area contributed by atoms with Crippen LogP contribution in [-0.2, 0) is 21.2 Å². The number of aliphatic hydroxyl groups excluding tert-OH is 1. The lowest BCUT2D eigenvalue weighted by Crippen LogP contribution is -2.26. The monoisotopic (exact) mass is 521 g/mol. The van der Waals surface area contributed by atoms with Gasteiger partial charge < -0.3 is 25.3 Å². The maximum atomic E-state index is 13.8. The Labute approximate surface area is 209 Å². The number of aromatic nitrogens is 1. The minimum atomic E-state index is -3.65. The van der Waals surface area contributed by atoms with Crippen molar-refractivity contribution in [2.45, 2.75) is 32.8 Å². The second-order valence-corrected chi connectivity index (χ2v) is 10.5. The minimum Gasteiger partial charge on any atom is -0.492 e. The summed E-state index contributed by atoms with van der Waals surface area (Å²) in [6, 6.07) is 9.42. The number of ether oxygens (including phenoxy) is 1. The number of nitrogens with one attached hydrogen (secondary N) is 3. The van der Waals surface area contributed by atoms with Crippen LogP contribution in [0.1, 0.15) is 36.3 Å². The number of hydrogen-bond donors (Lipinski definition) is 5. The number of carbonyl (C=O) groups is 1. The van der Waals surface area contributed by atoms with E-state index in [2.05, 4.69) is 15.0 Å². The van der Waals surface area contributed by atoms with Crippen LogP contribution in [0.4, 0.5) is 10.1 Å². The van der Waals surface area contributed by atoms with Crippen LogP contribution >= 0.6 is 0 Å². The largest absolute Gasteiger partial charge is 0.492 e. The Kier molecular flexibility index (Phi) is 8.93. The molecular weight excluding hydrogens is 489 g/mol. The van der Waals surface area contributed by atoms with Gasteiger partial charge in [0.05, 0.1) is 24.0 Å². The van der Waals surface area contributed by atoms with Crippen LogP contribution in [0.2, 0.25) is 0 Å². The number of hydrogen-bond acceptors (Lipinski definition) is 6. The highest BCUT2D eigenvalue weighted by Gasteiger charge is 2.19. The third kappa shape index (κ3) is 7.19. The second-order valence-electron chi connectivity index (χ2n) is 8.77. The molecule has 0 amide bonds. The summed E-state index contributed by atoms with van der Waals surface area (Å²) in [6.45, 7) is 4.75. The van der Waals surface area contributed by atoms with Crippen molar-refractivity contribution in [2.24, 2.45) is 5.92 Å². The van der Waals surface area contributed by atoms with Gasteiger partial charge in [0.1, 0.15) is 18.2 Å². The number of anilines is 1. The molecule has 0 saturated heterocycles. The van der Waals surface area contributed by atoms with Crippen LogP contribution in [0, 0.1) is 18.7 Å². The Morgan fingerprint density at radius 1 is 1.22 bits per heavy atom. The van der Waals surface area contributed by atoms with E-state index >= 15 is 0 Å². The quantitative estimate of drug-likeness (QED) is 0.217. The Morgan fingerprint density at radius 2 is 1.97 bits per heavy atom. The summed E-state index contributed by atoms with van der Waals surface area (Å²) < 4.78 is 44.5. The smallest absolute Gasteiger partial charge is 0.306 e. The SMILES string of the molecule is CCC(Cc1[nH]c2cc(OCCNCC(O)c3ccc(F)c(NS(C)(=O)=O)c3)ccc2c1C)C(=O)O. The molecule has 5 N–H and O–H groups in total. The molecule has 0 radical (unpaired) electrons. The van der Waals surface area contributed by atoms with Crippen molar-refractivity contribution in [1.29, 1.82) is 0 Å². The zero-order chi connectivity index (χ0) is 26.5. The van der Waals surface area contributed by atoms with Crippen molar-refractivity contribution in [3.63, 3.8) is 0 Å². The maximum Gasteiger partial charge on any atom is 0.306 e. The molecule has 1 heterocycles. The molecule has 0 spiro atoms. The number of aromatic amines is 1. The number of fused-ring (bicyclic) bond motifs is 1. The number of benzene rings is 2. The lowest BCUT2D eigenvalue weighted by molar-refractivity contribution is -0.141. The molecule has 11 heteroatoms. The highest BCUT2D eigenvalue weighted by molar-refractivity contribution is 7.92. The summed E-state index contributed by atoms with van der Waals surface area (Å²) in [5, 5.41) is 23.8. The summed E-state index contributed by atoms with van der Waals surface area (Å²) in [6.07, 6.45) is 0.945. The molecule has 2 atom stereocenters. The van der Waals surface area contributed by atoms with Gasteiger partial charge in [-0.15, -0.1) is 0 Å². The van der Waals surface area contributed by atoms with E-state index in [1.165, 1.54) is 12.1 Å². The van der Waals surface area contributed by atoms with Gasteiger partial charge in [0.15, 0.2) is 0 Å². The average molecular weight is 522 g/mol.